The van der Waals surface area contributed by atoms with Crippen LogP contribution in [0.5, 0.6) is 5.75 Å². The van der Waals surface area contributed by atoms with Gasteiger partial charge in [-0.1, -0.05) is 35.9 Å². The van der Waals surface area contributed by atoms with Gasteiger partial charge in [-0.2, -0.15) is 0 Å². The monoisotopic (exact) mass is 354 g/mol. The molecular weight excluding hydrogens is 328 g/mol. The maximum Gasteiger partial charge on any atom is 0.251 e. The van der Waals surface area contributed by atoms with E-state index in [-0.39, 0.29) is 11.9 Å². The van der Waals surface area contributed by atoms with Crippen LogP contribution in [0.1, 0.15) is 27.5 Å². The van der Waals surface area contributed by atoms with Crippen molar-refractivity contribution >= 4 is 5.91 Å². The van der Waals surface area contributed by atoms with Gasteiger partial charge in [0.1, 0.15) is 5.75 Å². The highest BCUT2D eigenvalue weighted by Crippen LogP contribution is 2.29. The number of hydrogen-bond acceptors (Lipinski definition) is 4. The summed E-state index contributed by atoms with van der Waals surface area (Å²) in [7, 11) is 1.68. The molecule has 2 aromatic carbocycles. The number of ether oxygens (including phenoxy) is 2. The lowest BCUT2D eigenvalue weighted by atomic mass is 10.0. The van der Waals surface area contributed by atoms with Crippen LogP contribution in [-0.2, 0) is 4.74 Å². The van der Waals surface area contributed by atoms with E-state index in [1.807, 2.05) is 49.4 Å². The van der Waals surface area contributed by atoms with Crippen LogP contribution in [0.2, 0.25) is 0 Å². The second-order valence-corrected chi connectivity index (χ2v) is 6.48. The van der Waals surface area contributed by atoms with Gasteiger partial charge in [0.2, 0.25) is 0 Å². The summed E-state index contributed by atoms with van der Waals surface area (Å²) in [5, 5.41) is 3.09. The minimum absolute atomic E-state index is 0.0458. The van der Waals surface area contributed by atoms with Gasteiger partial charge in [-0.3, -0.25) is 9.69 Å². The van der Waals surface area contributed by atoms with Crippen molar-refractivity contribution in [3.05, 3.63) is 65.2 Å². The molecule has 0 spiro atoms. The third-order valence-electron chi connectivity index (χ3n) is 4.75. The predicted molar refractivity (Wildman–Crippen MR) is 102 cm³/mol. The van der Waals surface area contributed by atoms with Gasteiger partial charge in [0.05, 0.1) is 26.4 Å². The summed E-state index contributed by atoms with van der Waals surface area (Å²) in [4.78, 5) is 14.9. The van der Waals surface area contributed by atoms with Crippen molar-refractivity contribution in [3.8, 4) is 5.75 Å². The van der Waals surface area contributed by atoms with E-state index in [1.165, 1.54) is 0 Å². The normalized spacial score (nSPS) is 16.1. The Morgan fingerprint density at radius 2 is 1.85 bits per heavy atom. The molecule has 1 N–H and O–H groups in total. The summed E-state index contributed by atoms with van der Waals surface area (Å²) in [6.45, 7) is 5.62. The molecule has 1 heterocycles. The number of nitrogens with zero attached hydrogens (tertiary/aromatic N) is 1. The third kappa shape index (κ3) is 4.42. The second kappa shape index (κ2) is 8.83. The first kappa shape index (κ1) is 18.4. The van der Waals surface area contributed by atoms with Gasteiger partial charge in [0.15, 0.2) is 0 Å². The van der Waals surface area contributed by atoms with Crippen molar-refractivity contribution in [2.45, 2.75) is 13.0 Å². The molecule has 0 aromatic heterocycles. The average molecular weight is 354 g/mol. The molecule has 1 aliphatic heterocycles. The summed E-state index contributed by atoms with van der Waals surface area (Å²) < 4.78 is 11.0. The van der Waals surface area contributed by atoms with Crippen LogP contribution in [0.3, 0.4) is 0 Å². The Labute approximate surface area is 154 Å². The lowest BCUT2D eigenvalue weighted by Gasteiger charge is -2.35. The lowest BCUT2D eigenvalue weighted by molar-refractivity contribution is 0.0157. The number of benzene rings is 2. The zero-order valence-corrected chi connectivity index (χ0v) is 15.4. The van der Waals surface area contributed by atoms with E-state index >= 15 is 0 Å². The van der Waals surface area contributed by atoms with E-state index in [0.717, 1.165) is 30.0 Å². The lowest BCUT2D eigenvalue weighted by Crippen LogP contribution is -2.44. The van der Waals surface area contributed by atoms with E-state index in [4.69, 9.17) is 9.47 Å². The molecule has 1 saturated heterocycles. The third-order valence-corrected chi connectivity index (χ3v) is 4.75. The molecule has 5 heteroatoms. The van der Waals surface area contributed by atoms with E-state index in [9.17, 15) is 4.79 Å². The summed E-state index contributed by atoms with van der Waals surface area (Å²) in [6, 6.07) is 15.7. The fourth-order valence-corrected chi connectivity index (χ4v) is 3.26. The van der Waals surface area contributed by atoms with Crippen molar-refractivity contribution in [3.63, 3.8) is 0 Å². The molecule has 138 valence electrons. The summed E-state index contributed by atoms with van der Waals surface area (Å²) in [6.07, 6.45) is 0. The van der Waals surface area contributed by atoms with E-state index in [2.05, 4.69) is 16.3 Å². The first-order valence-electron chi connectivity index (χ1n) is 8.98. The standard InChI is InChI=1S/C21H26N2O3/c1-16-7-9-17(10-8-16)21(24)22-15-19(23-11-13-26-14-12-23)18-5-3-4-6-20(18)25-2/h3-10,19H,11-15H2,1-2H3,(H,22,24). The molecule has 3 rings (SSSR count). The fraction of sp³-hybridized carbons (Fsp3) is 0.381. The minimum Gasteiger partial charge on any atom is -0.496 e. The van der Waals surface area contributed by atoms with Crippen LogP contribution >= 0.6 is 0 Å². The summed E-state index contributed by atoms with van der Waals surface area (Å²) in [5.41, 5.74) is 2.90. The van der Waals surface area contributed by atoms with Crippen molar-refractivity contribution in [1.82, 2.24) is 10.2 Å². The maximum absolute atomic E-state index is 12.5. The molecule has 5 nitrogen and oxygen atoms in total. The molecule has 0 saturated carbocycles. The van der Waals surface area contributed by atoms with Gasteiger partial charge in [0, 0.05) is 30.8 Å². The van der Waals surface area contributed by atoms with Crippen LogP contribution in [0.15, 0.2) is 48.5 Å². The molecule has 0 aliphatic carbocycles. The quantitative estimate of drug-likeness (QED) is 0.867. The highest BCUT2D eigenvalue weighted by atomic mass is 16.5. The number of amides is 1. The summed E-state index contributed by atoms with van der Waals surface area (Å²) >= 11 is 0. The van der Waals surface area contributed by atoms with Crippen LogP contribution in [0.4, 0.5) is 0 Å². The zero-order valence-electron chi connectivity index (χ0n) is 15.4. The number of methoxy groups -OCH3 is 1. The van der Waals surface area contributed by atoms with Crippen molar-refractivity contribution in [2.75, 3.05) is 40.0 Å². The van der Waals surface area contributed by atoms with Gasteiger partial charge < -0.3 is 14.8 Å². The van der Waals surface area contributed by atoms with Gasteiger partial charge >= 0.3 is 0 Å². The van der Waals surface area contributed by atoms with Gasteiger partial charge in [-0.25, -0.2) is 0 Å². The molecule has 1 fully saturated rings. The number of nitrogens with one attached hydrogen (secondary N) is 1. The SMILES string of the molecule is COc1ccccc1C(CNC(=O)c1ccc(C)cc1)N1CCOCC1. The van der Waals surface area contributed by atoms with Crippen LogP contribution < -0.4 is 10.1 Å². The molecule has 0 bridgehead atoms. The molecule has 1 amide bonds. The summed E-state index contributed by atoms with van der Waals surface area (Å²) in [5.74, 6) is 0.784. The largest absolute Gasteiger partial charge is 0.496 e. The molecule has 2 aromatic rings. The smallest absolute Gasteiger partial charge is 0.251 e. The Hall–Kier alpha value is -2.37. The number of carbonyl (C=O) groups is 1. The Balaban J connectivity index is 1.77. The molecule has 26 heavy (non-hydrogen) atoms. The molecule has 0 radical (unpaired) electrons. The van der Waals surface area contributed by atoms with Crippen molar-refractivity contribution in [2.24, 2.45) is 0 Å². The van der Waals surface area contributed by atoms with Gasteiger partial charge in [0.25, 0.3) is 5.91 Å². The van der Waals surface area contributed by atoms with Crippen LogP contribution in [0, 0.1) is 6.92 Å². The molecular formula is C21H26N2O3. The Morgan fingerprint density at radius 3 is 2.54 bits per heavy atom. The number of para-hydroxylation sites is 1. The average Bonchev–Trinajstić information content (AvgIpc) is 2.69. The molecule has 1 aliphatic rings. The zero-order chi connectivity index (χ0) is 18.4. The minimum atomic E-state index is -0.0573. The first-order chi connectivity index (χ1) is 12.7. The number of aryl methyl sites for hydroxylation is 1. The van der Waals surface area contributed by atoms with Crippen LogP contribution in [0.25, 0.3) is 0 Å². The topological polar surface area (TPSA) is 50.8 Å². The number of rotatable bonds is 6. The van der Waals surface area contributed by atoms with E-state index in [0.29, 0.717) is 25.3 Å². The Kier molecular flexibility index (Phi) is 6.26. The highest BCUT2D eigenvalue weighted by molar-refractivity contribution is 5.94. The van der Waals surface area contributed by atoms with Gasteiger partial charge in [-0.05, 0) is 25.1 Å². The highest BCUT2D eigenvalue weighted by Gasteiger charge is 2.25. The van der Waals surface area contributed by atoms with Crippen molar-refractivity contribution < 1.29 is 14.3 Å². The van der Waals surface area contributed by atoms with Crippen LogP contribution in [-0.4, -0.2) is 50.8 Å². The first-order valence-corrected chi connectivity index (χ1v) is 8.98. The fourth-order valence-electron chi connectivity index (χ4n) is 3.26. The molecule has 1 atom stereocenters. The Bertz CT molecular complexity index is 724. The van der Waals surface area contributed by atoms with Crippen molar-refractivity contribution in [1.29, 1.82) is 0 Å². The molecule has 1 unspecified atom stereocenters. The van der Waals surface area contributed by atoms with E-state index in [1.54, 1.807) is 7.11 Å². The number of hydrogen-bond donors (Lipinski definition) is 1. The number of morpholine rings is 1. The second-order valence-electron chi connectivity index (χ2n) is 6.48. The predicted octanol–water partition coefficient (Wildman–Crippen LogP) is 2.81. The van der Waals surface area contributed by atoms with Gasteiger partial charge in [-0.15, -0.1) is 0 Å². The van der Waals surface area contributed by atoms with E-state index < -0.39 is 0 Å². The Morgan fingerprint density at radius 1 is 1.15 bits per heavy atom. The maximum atomic E-state index is 12.5. The number of carbonyl (C=O) groups excluding carboxylic acids is 1.